The van der Waals surface area contributed by atoms with Crippen molar-refractivity contribution < 1.29 is 19.1 Å². The van der Waals surface area contributed by atoms with E-state index in [1.165, 1.54) is 16.7 Å². The van der Waals surface area contributed by atoms with Crippen molar-refractivity contribution in [2.24, 2.45) is 5.92 Å². The zero-order valence-corrected chi connectivity index (χ0v) is 24.5. The largest absolute Gasteiger partial charge is 0.483 e. The molecule has 2 aliphatic rings. The maximum Gasteiger partial charge on any atom is 0.305 e. The third-order valence-electron chi connectivity index (χ3n) is 6.91. The first-order valence-corrected chi connectivity index (χ1v) is 15.0. The van der Waals surface area contributed by atoms with Crippen LogP contribution >= 0.6 is 46.3 Å². The number of aryl methyl sites for hydroxylation is 1. The predicted octanol–water partition coefficient (Wildman–Crippen LogP) is 5.86. The fraction of sp³-hybridized carbons (Fsp3) is 0.172. The summed E-state index contributed by atoms with van der Waals surface area (Å²) in [6, 6.07) is 18.7. The van der Waals surface area contributed by atoms with Gasteiger partial charge in [-0.25, -0.2) is 4.90 Å². The van der Waals surface area contributed by atoms with Crippen molar-refractivity contribution in [3.05, 3.63) is 102 Å². The minimum atomic E-state index is -0.843. The number of hydrogen-bond donors (Lipinski definition) is 2. The summed E-state index contributed by atoms with van der Waals surface area (Å²) >= 11 is 14.6. The van der Waals surface area contributed by atoms with E-state index in [4.69, 9.17) is 27.9 Å². The Morgan fingerprint density at radius 3 is 2.41 bits per heavy atom. The average Bonchev–Trinajstić information content (AvgIpc) is 3.44. The van der Waals surface area contributed by atoms with Gasteiger partial charge in [0, 0.05) is 32.1 Å². The van der Waals surface area contributed by atoms with Gasteiger partial charge in [-0.15, -0.1) is 0 Å². The number of anilines is 2. The minimum Gasteiger partial charge on any atom is -0.483 e. The summed E-state index contributed by atoms with van der Waals surface area (Å²) in [6.07, 6.45) is 0. The van der Waals surface area contributed by atoms with Gasteiger partial charge < -0.3 is 15.0 Å². The van der Waals surface area contributed by atoms with Crippen LogP contribution in [0.5, 0.6) is 5.75 Å². The summed E-state index contributed by atoms with van der Waals surface area (Å²) in [4.78, 5) is 57.0. The Balaban J connectivity index is 1.36. The molecule has 0 aliphatic carbocycles. The highest BCUT2D eigenvalue weighted by Crippen LogP contribution is 2.54. The van der Waals surface area contributed by atoms with Crippen LogP contribution in [0.1, 0.15) is 21.9 Å². The Morgan fingerprint density at radius 2 is 1.68 bits per heavy atom. The maximum atomic E-state index is 14.0. The van der Waals surface area contributed by atoms with Gasteiger partial charge in [0.1, 0.15) is 11.0 Å². The normalized spacial score (nSPS) is 19.6. The first-order chi connectivity index (χ1) is 19.7. The summed E-state index contributed by atoms with van der Waals surface area (Å²) in [5.74, 6) is -2.42. The number of aromatic amines is 1. The van der Waals surface area contributed by atoms with Gasteiger partial charge in [-0.2, -0.15) is 0 Å². The number of nitrogens with one attached hydrogen (secondary N) is 2. The van der Waals surface area contributed by atoms with Crippen LogP contribution in [0.4, 0.5) is 11.4 Å². The molecule has 0 saturated carbocycles. The molecule has 0 spiro atoms. The van der Waals surface area contributed by atoms with E-state index in [1.54, 1.807) is 54.6 Å². The molecule has 1 aromatic heterocycles. The van der Waals surface area contributed by atoms with Crippen molar-refractivity contribution in [1.29, 1.82) is 0 Å². The second-order valence-corrected chi connectivity index (χ2v) is 12.7. The molecule has 41 heavy (non-hydrogen) atoms. The molecule has 2 aliphatic heterocycles. The number of benzene rings is 3. The average molecular weight is 627 g/mol. The summed E-state index contributed by atoms with van der Waals surface area (Å²) < 4.78 is 5.97. The molecular formula is C29H21Cl2N3O5S2. The molecule has 2 N–H and O–H groups in total. The lowest BCUT2D eigenvalue weighted by Gasteiger charge is -2.31. The van der Waals surface area contributed by atoms with Crippen molar-refractivity contribution >= 4 is 75.4 Å². The quantitative estimate of drug-likeness (QED) is 0.260. The van der Waals surface area contributed by atoms with Gasteiger partial charge in [-0.05, 0) is 61.5 Å². The summed E-state index contributed by atoms with van der Waals surface area (Å²) in [7, 11) is 0. The molecule has 0 radical (unpaired) electrons. The topological polar surface area (TPSA) is 109 Å². The van der Waals surface area contributed by atoms with Crippen molar-refractivity contribution in [2.45, 2.75) is 23.1 Å². The summed E-state index contributed by atoms with van der Waals surface area (Å²) in [5, 5.41) is 3.37. The van der Waals surface area contributed by atoms with Gasteiger partial charge in [0.05, 0.1) is 16.6 Å². The van der Waals surface area contributed by atoms with E-state index < -0.39 is 28.9 Å². The molecule has 208 valence electrons. The van der Waals surface area contributed by atoms with Gasteiger partial charge in [0.2, 0.25) is 11.8 Å². The van der Waals surface area contributed by atoms with Gasteiger partial charge in [-0.1, -0.05) is 64.0 Å². The molecule has 1 fully saturated rings. The maximum absolute atomic E-state index is 14.0. The number of aromatic nitrogens is 1. The molecule has 4 aromatic rings. The van der Waals surface area contributed by atoms with Gasteiger partial charge >= 0.3 is 4.87 Å². The third-order valence-corrected chi connectivity index (χ3v) is 9.80. The Bertz CT molecular complexity index is 1740. The minimum absolute atomic E-state index is 0.302. The number of amides is 3. The second-order valence-electron chi connectivity index (χ2n) is 9.62. The Labute approximate surface area is 252 Å². The SMILES string of the molecule is Cc1ccc(NC(=O)COc2ccc(Cl)cc2[C@H]2c3sc(=O)[nH]c3SC3C(=O)N(c4ccc(Cl)cc4)C(=O)C32)cc1. The Morgan fingerprint density at radius 1 is 0.976 bits per heavy atom. The number of hydrogen-bond acceptors (Lipinski definition) is 7. The van der Waals surface area contributed by atoms with Crippen LogP contribution in [0.2, 0.25) is 10.0 Å². The molecule has 12 heteroatoms. The van der Waals surface area contributed by atoms with Crippen molar-refractivity contribution in [1.82, 2.24) is 4.98 Å². The van der Waals surface area contributed by atoms with Gasteiger partial charge in [0.15, 0.2) is 6.61 Å². The number of carbonyl (C=O) groups is 3. The predicted molar refractivity (Wildman–Crippen MR) is 161 cm³/mol. The molecule has 6 rings (SSSR count). The molecule has 3 heterocycles. The van der Waals surface area contributed by atoms with E-state index in [9.17, 15) is 19.2 Å². The Kier molecular flexibility index (Phi) is 7.41. The van der Waals surface area contributed by atoms with Crippen molar-refractivity contribution in [3.63, 3.8) is 0 Å². The standard InChI is InChI=1S/C29H21Cl2N3O5S2/c1-14-2-7-17(8-3-14)32-21(35)13-39-20-11-6-16(31)12-19(20)22-23-25(40-26-24(22)41-29(38)33-26)28(37)34(27(23)36)18-9-4-15(30)5-10-18/h2-12,22-23,25H,13H2,1H3,(H,32,35)(H,33,38)/t22-,23?,25?/m1/s1. The molecule has 3 aromatic carbocycles. The number of rotatable bonds is 6. The van der Waals surface area contributed by atoms with Crippen molar-refractivity contribution in [3.8, 4) is 5.75 Å². The lowest BCUT2D eigenvalue weighted by atomic mass is 9.82. The van der Waals surface area contributed by atoms with Crippen LogP contribution in [0.15, 0.2) is 76.6 Å². The van der Waals surface area contributed by atoms with Crippen LogP contribution in [0.3, 0.4) is 0 Å². The number of nitrogens with zero attached hydrogens (tertiary/aromatic N) is 1. The fourth-order valence-electron chi connectivity index (χ4n) is 5.07. The van der Waals surface area contributed by atoms with Crippen LogP contribution in [-0.4, -0.2) is 34.6 Å². The first kappa shape index (κ1) is 27.6. The number of fused-ring (bicyclic) bond motifs is 2. The van der Waals surface area contributed by atoms with E-state index in [-0.39, 0.29) is 17.4 Å². The molecule has 2 unspecified atom stereocenters. The first-order valence-electron chi connectivity index (χ1n) is 12.5. The second kappa shape index (κ2) is 11.0. The summed E-state index contributed by atoms with van der Waals surface area (Å²) in [6.45, 7) is 1.65. The summed E-state index contributed by atoms with van der Waals surface area (Å²) in [5.41, 5.74) is 2.61. The molecule has 1 saturated heterocycles. The highest BCUT2D eigenvalue weighted by molar-refractivity contribution is 8.00. The lowest BCUT2D eigenvalue weighted by molar-refractivity contribution is -0.122. The highest BCUT2D eigenvalue weighted by atomic mass is 35.5. The zero-order valence-electron chi connectivity index (χ0n) is 21.4. The molecule has 3 amide bonds. The monoisotopic (exact) mass is 625 g/mol. The Hall–Kier alpha value is -3.57. The van der Waals surface area contributed by atoms with Crippen molar-refractivity contribution in [2.75, 3.05) is 16.8 Å². The zero-order chi connectivity index (χ0) is 28.8. The number of carbonyl (C=O) groups excluding carboxylic acids is 3. The number of thioether (sulfide) groups is 1. The van der Waals surface area contributed by atoms with Gasteiger partial charge in [0.25, 0.3) is 5.91 Å². The van der Waals surface area contributed by atoms with Crippen LogP contribution in [0.25, 0.3) is 0 Å². The molecular weight excluding hydrogens is 605 g/mol. The van der Waals surface area contributed by atoms with E-state index in [2.05, 4.69) is 10.3 Å². The molecule has 8 nitrogen and oxygen atoms in total. The number of imide groups is 1. The van der Waals surface area contributed by atoms with E-state index in [1.807, 2.05) is 19.1 Å². The van der Waals surface area contributed by atoms with E-state index in [0.29, 0.717) is 42.6 Å². The van der Waals surface area contributed by atoms with Crippen LogP contribution < -0.4 is 19.8 Å². The van der Waals surface area contributed by atoms with E-state index in [0.717, 1.165) is 16.9 Å². The van der Waals surface area contributed by atoms with Gasteiger partial charge in [-0.3, -0.25) is 19.2 Å². The smallest absolute Gasteiger partial charge is 0.305 e. The number of H-pyrrole nitrogens is 1. The molecule has 3 atom stereocenters. The number of ether oxygens (including phenoxy) is 1. The highest BCUT2D eigenvalue weighted by Gasteiger charge is 2.56. The third kappa shape index (κ3) is 5.28. The van der Waals surface area contributed by atoms with Crippen LogP contribution in [-0.2, 0) is 14.4 Å². The van der Waals surface area contributed by atoms with E-state index >= 15 is 0 Å². The molecule has 0 bridgehead atoms. The lowest BCUT2D eigenvalue weighted by Crippen LogP contribution is -2.32. The van der Waals surface area contributed by atoms with Crippen LogP contribution in [0, 0.1) is 12.8 Å². The fourth-order valence-corrected chi connectivity index (χ4v) is 7.88. The number of halogens is 2. The number of thiazole rings is 1.